The molecular formula is C9H10N2O4. The molecule has 0 saturated heterocycles. The van der Waals surface area contributed by atoms with Crippen molar-refractivity contribution < 1.29 is 14.9 Å². The summed E-state index contributed by atoms with van der Waals surface area (Å²) >= 11 is 0. The second-order valence-electron chi connectivity index (χ2n) is 2.64. The first-order chi connectivity index (χ1) is 7.27. The van der Waals surface area contributed by atoms with Crippen LogP contribution in [-0.4, -0.2) is 23.0 Å². The van der Waals surface area contributed by atoms with Gasteiger partial charge in [-0.05, 0) is 11.0 Å². The van der Waals surface area contributed by atoms with Crippen LogP contribution in [0.3, 0.4) is 0 Å². The van der Waals surface area contributed by atoms with Crippen molar-refractivity contribution in [3.63, 3.8) is 0 Å². The molecule has 1 aromatic carbocycles. The highest BCUT2D eigenvalue weighted by molar-refractivity contribution is 5.78. The summed E-state index contributed by atoms with van der Waals surface area (Å²) in [6.45, 7) is 0. The molecule has 0 radical (unpaired) electrons. The quantitative estimate of drug-likeness (QED) is 0.507. The molecule has 1 aliphatic heterocycles. The van der Waals surface area contributed by atoms with E-state index < -0.39 is 4.92 Å². The highest BCUT2D eigenvalue weighted by Crippen LogP contribution is 2.22. The van der Waals surface area contributed by atoms with Gasteiger partial charge in [-0.2, -0.15) is 0 Å². The van der Waals surface area contributed by atoms with Crippen molar-refractivity contribution >= 4 is 5.84 Å². The minimum absolute atomic E-state index is 0.154. The molecule has 0 amide bonds. The fourth-order valence-electron chi connectivity index (χ4n) is 1.14. The van der Waals surface area contributed by atoms with Crippen LogP contribution in [0.2, 0.25) is 0 Å². The molecule has 15 heavy (non-hydrogen) atoms. The van der Waals surface area contributed by atoms with Crippen molar-refractivity contribution in [2.24, 2.45) is 5.16 Å². The van der Waals surface area contributed by atoms with Crippen molar-refractivity contribution in [1.29, 1.82) is 0 Å². The molecule has 2 rings (SSSR count). The molecule has 6 heteroatoms. The maximum Gasteiger partial charge on any atom is 0.390 e. The standard InChI is InChI=1S/C8H6N2O3.CH4O/c11-10(12)8-5-6-3-1-2-4-7(6)13-9-8;1-2/h1-4H,5H2;2H,1H3. The Morgan fingerprint density at radius 3 is 2.80 bits per heavy atom. The number of para-hydroxylation sites is 1. The molecule has 0 bridgehead atoms. The highest BCUT2D eigenvalue weighted by atomic mass is 16.7. The number of hydrogen-bond acceptors (Lipinski definition) is 5. The van der Waals surface area contributed by atoms with Crippen LogP contribution in [0.15, 0.2) is 29.4 Å². The number of rotatable bonds is 0. The lowest BCUT2D eigenvalue weighted by atomic mass is 10.1. The smallest absolute Gasteiger partial charge is 0.390 e. The van der Waals surface area contributed by atoms with E-state index in [1.54, 1.807) is 18.2 Å². The predicted molar refractivity (Wildman–Crippen MR) is 53.3 cm³/mol. The summed E-state index contributed by atoms with van der Waals surface area (Å²) < 4.78 is 0. The van der Waals surface area contributed by atoms with Gasteiger partial charge in [0.15, 0.2) is 10.9 Å². The van der Waals surface area contributed by atoms with Gasteiger partial charge in [0.2, 0.25) is 0 Å². The highest BCUT2D eigenvalue weighted by Gasteiger charge is 2.23. The number of aliphatic hydroxyl groups excluding tert-OH is 1. The fourth-order valence-corrected chi connectivity index (χ4v) is 1.14. The molecule has 0 atom stereocenters. The number of hydrogen-bond donors (Lipinski definition) is 1. The number of aliphatic hydroxyl groups is 1. The first-order valence-corrected chi connectivity index (χ1v) is 4.18. The number of nitro groups is 1. The number of nitrogens with zero attached hydrogens (tertiary/aromatic N) is 2. The van der Waals surface area contributed by atoms with Crippen molar-refractivity contribution in [3.8, 4) is 5.75 Å². The molecule has 0 aliphatic carbocycles. The van der Waals surface area contributed by atoms with E-state index in [0.717, 1.165) is 12.7 Å². The second kappa shape index (κ2) is 5.06. The average molecular weight is 210 g/mol. The Bertz CT molecular complexity index is 389. The zero-order chi connectivity index (χ0) is 11.3. The van der Waals surface area contributed by atoms with Gasteiger partial charge in [-0.1, -0.05) is 18.2 Å². The van der Waals surface area contributed by atoms with E-state index in [2.05, 4.69) is 5.16 Å². The predicted octanol–water partition coefficient (Wildman–Crippen LogP) is 0.820. The Balaban J connectivity index is 0.000000531. The molecular weight excluding hydrogens is 200 g/mol. The zero-order valence-corrected chi connectivity index (χ0v) is 8.08. The van der Waals surface area contributed by atoms with Gasteiger partial charge in [0, 0.05) is 12.7 Å². The van der Waals surface area contributed by atoms with Gasteiger partial charge in [0.1, 0.15) is 0 Å². The van der Waals surface area contributed by atoms with Crippen LogP contribution in [0.4, 0.5) is 0 Å². The SMILES string of the molecule is CO.O=[N+]([O-])C1=NOc2ccccc2C1. The zero-order valence-electron chi connectivity index (χ0n) is 8.08. The molecule has 80 valence electrons. The van der Waals surface area contributed by atoms with E-state index in [-0.39, 0.29) is 12.3 Å². The lowest BCUT2D eigenvalue weighted by Crippen LogP contribution is -2.19. The Labute approximate surface area is 85.9 Å². The minimum Gasteiger partial charge on any atom is -0.400 e. The van der Waals surface area contributed by atoms with Gasteiger partial charge < -0.3 is 15.2 Å². The van der Waals surface area contributed by atoms with E-state index >= 15 is 0 Å². The van der Waals surface area contributed by atoms with E-state index in [4.69, 9.17) is 9.94 Å². The van der Waals surface area contributed by atoms with Crippen LogP contribution in [-0.2, 0) is 6.42 Å². The summed E-state index contributed by atoms with van der Waals surface area (Å²) in [5.74, 6) is 0.437. The maximum atomic E-state index is 10.4. The molecule has 1 aliphatic rings. The molecule has 1 aromatic rings. The third-order valence-corrected chi connectivity index (χ3v) is 1.78. The lowest BCUT2D eigenvalue weighted by molar-refractivity contribution is -0.355. The first kappa shape index (κ1) is 11.1. The summed E-state index contributed by atoms with van der Waals surface area (Å²) in [4.78, 5) is 14.7. The Morgan fingerprint density at radius 2 is 2.13 bits per heavy atom. The molecule has 1 heterocycles. The normalized spacial score (nSPS) is 12.5. The summed E-state index contributed by atoms with van der Waals surface area (Å²) in [5, 5.41) is 20.7. The van der Waals surface area contributed by atoms with Gasteiger partial charge in [-0.3, -0.25) is 4.84 Å². The summed E-state index contributed by atoms with van der Waals surface area (Å²) in [5.41, 5.74) is 0.796. The lowest BCUT2D eigenvalue weighted by Gasteiger charge is -2.06. The van der Waals surface area contributed by atoms with Crippen molar-refractivity contribution in [3.05, 3.63) is 39.9 Å². The molecule has 0 unspecified atom stereocenters. The topological polar surface area (TPSA) is 85.0 Å². The molecule has 0 aromatic heterocycles. The van der Waals surface area contributed by atoms with Crippen LogP contribution in [0.5, 0.6) is 5.75 Å². The van der Waals surface area contributed by atoms with Gasteiger partial charge >= 0.3 is 5.84 Å². The number of amidine groups is 1. The minimum atomic E-state index is -0.532. The monoisotopic (exact) mass is 210 g/mol. The summed E-state index contributed by atoms with van der Waals surface area (Å²) in [6.07, 6.45) is 0.225. The van der Waals surface area contributed by atoms with E-state index in [1.165, 1.54) is 0 Å². The molecule has 6 nitrogen and oxygen atoms in total. The maximum absolute atomic E-state index is 10.4. The molecule has 0 fully saturated rings. The van der Waals surface area contributed by atoms with Crippen molar-refractivity contribution in [2.45, 2.75) is 6.42 Å². The Kier molecular flexibility index (Phi) is 3.75. The van der Waals surface area contributed by atoms with Gasteiger partial charge in [-0.25, -0.2) is 0 Å². The van der Waals surface area contributed by atoms with Crippen LogP contribution < -0.4 is 4.84 Å². The van der Waals surface area contributed by atoms with Gasteiger partial charge in [0.25, 0.3) is 0 Å². The number of fused-ring (bicyclic) bond motifs is 1. The number of benzene rings is 1. The van der Waals surface area contributed by atoms with Crippen LogP contribution in [0.1, 0.15) is 5.56 Å². The van der Waals surface area contributed by atoms with Crippen LogP contribution in [0, 0.1) is 10.1 Å². The molecule has 0 saturated carbocycles. The van der Waals surface area contributed by atoms with Crippen molar-refractivity contribution in [2.75, 3.05) is 7.11 Å². The average Bonchev–Trinajstić information content (AvgIpc) is 2.31. The largest absolute Gasteiger partial charge is 0.400 e. The van der Waals surface area contributed by atoms with E-state index in [9.17, 15) is 10.1 Å². The Morgan fingerprint density at radius 1 is 1.47 bits per heavy atom. The van der Waals surface area contributed by atoms with Crippen molar-refractivity contribution in [1.82, 2.24) is 0 Å². The van der Waals surface area contributed by atoms with E-state index in [1.807, 2.05) is 6.07 Å². The first-order valence-electron chi connectivity index (χ1n) is 4.18. The fraction of sp³-hybridized carbons (Fsp3) is 0.222. The van der Waals surface area contributed by atoms with Crippen LogP contribution in [0.25, 0.3) is 0 Å². The van der Waals surface area contributed by atoms with E-state index in [0.29, 0.717) is 5.75 Å². The molecule has 0 spiro atoms. The van der Waals surface area contributed by atoms with Crippen LogP contribution >= 0.6 is 0 Å². The third-order valence-electron chi connectivity index (χ3n) is 1.78. The summed E-state index contributed by atoms with van der Waals surface area (Å²) in [7, 11) is 1.00. The van der Waals surface area contributed by atoms with Gasteiger partial charge in [0.05, 0.1) is 6.42 Å². The Hall–Kier alpha value is -1.95. The summed E-state index contributed by atoms with van der Waals surface area (Å²) in [6, 6.07) is 7.12. The second-order valence-corrected chi connectivity index (χ2v) is 2.64. The number of oxime groups is 1. The third kappa shape index (κ3) is 2.50. The molecule has 1 N–H and O–H groups in total. The van der Waals surface area contributed by atoms with Gasteiger partial charge in [-0.15, -0.1) is 0 Å².